The van der Waals surface area contributed by atoms with Crippen LogP contribution in [0.15, 0.2) is 30.6 Å². The van der Waals surface area contributed by atoms with Gasteiger partial charge >= 0.3 is 0 Å². The van der Waals surface area contributed by atoms with Crippen LogP contribution in [0.1, 0.15) is 0 Å². The van der Waals surface area contributed by atoms with Gasteiger partial charge in [-0.2, -0.15) is 0 Å². The first kappa shape index (κ1) is 9.73. The van der Waals surface area contributed by atoms with E-state index >= 15 is 0 Å². The molecule has 1 heterocycles. The van der Waals surface area contributed by atoms with E-state index < -0.39 is 0 Å². The first-order valence-electron chi connectivity index (χ1n) is 4.30. The maximum absolute atomic E-state index is 5.82. The average Bonchev–Trinajstić information content (AvgIpc) is 2.23. The second kappa shape index (κ2) is 3.74. The lowest BCUT2D eigenvalue weighted by molar-refractivity contribution is 1.19. The Morgan fingerprint density at radius 3 is 2.27 bits per heavy atom. The molecule has 0 aliphatic heterocycles. The lowest BCUT2D eigenvalue weighted by atomic mass is 10.1. The molecule has 0 atom stereocenters. The monoisotopic (exact) mass is 220 g/mol. The third-order valence-electron chi connectivity index (χ3n) is 2.00. The van der Waals surface area contributed by atoms with E-state index in [0.29, 0.717) is 10.7 Å². The van der Waals surface area contributed by atoms with Crippen LogP contribution in [-0.4, -0.2) is 9.97 Å². The summed E-state index contributed by atoms with van der Waals surface area (Å²) >= 11 is 5.82. The number of anilines is 2. The molecule has 0 bridgehead atoms. The molecule has 76 valence electrons. The molecule has 0 aliphatic rings. The third-order valence-corrected chi connectivity index (χ3v) is 2.35. The summed E-state index contributed by atoms with van der Waals surface area (Å²) in [7, 11) is 0. The van der Waals surface area contributed by atoms with E-state index in [9.17, 15) is 0 Å². The number of benzene rings is 1. The number of rotatable bonds is 1. The van der Waals surface area contributed by atoms with Gasteiger partial charge in [0, 0.05) is 18.0 Å². The SMILES string of the molecule is Nc1ncc(-c2ccc(Cl)c(N)c2)cn1. The van der Waals surface area contributed by atoms with Gasteiger partial charge in [0.25, 0.3) is 0 Å². The third kappa shape index (κ3) is 1.99. The highest BCUT2D eigenvalue weighted by Gasteiger charge is 2.01. The number of hydrogen-bond acceptors (Lipinski definition) is 4. The summed E-state index contributed by atoms with van der Waals surface area (Å²) in [5, 5.41) is 0.537. The van der Waals surface area contributed by atoms with Crippen LogP contribution in [0.2, 0.25) is 5.02 Å². The Kier molecular flexibility index (Phi) is 2.43. The number of nitrogen functional groups attached to an aromatic ring is 2. The van der Waals surface area contributed by atoms with Crippen LogP contribution in [0.25, 0.3) is 11.1 Å². The van der Waals surface area contributed by atoms with Crippen molar-refractivity contribution in [1.82, 2.24) is 9.97 Å². The molecule has 0 amide bonds. The van der Waals surface area contributed by atoms with E-state index in [1.54, 1.807) is 24.5 Å². The molecule has 0 saturated carbocycles. The van der Waals surface area contributed by atoms with E-state index in [-0.39, 0.29) is 5.95 Å². The van der Waals surface area contributed by atoms with Crippen LogP contribution < -0.4 is 11.5 Å². The Morgan fingerprint density at radius 1 is 1.00 bits per heavy atom. The van der Waals surface area contributed by atoms with E-state index in [2.05, 4.69) is 9.97 Å². The van der Waals surface area contributed by atoms with Gasteiger partial charge < -0.3 is 11.5 Å². The molecule has 2 aromatic rings. The Morgan fingerprint density at radius 2 is 1.67 bits per heavy atom. The van der Waals surface area contributed by atoms with Crippen LogP contribution >= 0.6 is 11.6 Å². The molecule has 0 aliphatic carbocycles. The van der Waals surface area contributed by atoms with Gasteiger partial charge in [-0.3, -0.25) is 0 Å². The average molecular weight is 221 g/mol. The molecule has 1 aromatic carbocycles. The van der Waals surface area contributed by atoms with E-state index in [1.165, 1.54) is 0 Å². The molecule has 0 fully saturated rings. The molecule has 15 heavy (non-hydrogen) atoms. The predicted octanol–water partition coefficient (Wildman–Crippen LogP) is 1.96. The van der Waals surface area contributed by atoms with Crippen molar-refractivity contribution < 1.29 is 0 Å². The van der Waals surface area contributed by atoms with Crippen molar-refractivity contribution in [3.63, 3.8) is 0 Å². The van der Waals surface area contributed by atoms with Crippen LogP contribution in [-0.2, 0) is 0 Å². The molecule has 0 saturated heterocycles. The second-order valence-electron chi connectivity index (χ2n) is 3.07. The summed E-state index contributed by atoms with van der Waals surface area (Å²) in [5.41, 5.74) is 13.4. The van der Waals surface area contributed by atoms with Gasteiger partial charge in [-0.05, 0) is 17.7 Å². The van der Waals surface area contributed by atoms with E-state index in [1.807, 2.05) is 6.07 Å². The zero-order valence-electron chi connectivity index (χ0n) is 7.81. The molecule has 0 unspecified atom stereocenters. The summed E-state index contributed by atoms with van der Waals surface area (Å²) in [5.74, 6) is 0.251. The maximum atomic E-state index is 5.82. The summed E-state index contributed by atoms with van der Waals surface area (Å²) in [6, 6.07) is 5.37. The zero-order valence-corrected chi connectivity index (χ0v) is 8.57. The summed E-state index contributed by atoms with van der Waals surface area (Å²) in [6.07, 6.45) is 3.29. The van der Waals surface area contributed by atoms with Crippen LogP contribution in [0.4, 0.5) is 11.6 Å². The van der Waals surface area contributed by atoms with E-state index in [0.717, 1.165) is 11.1 Å². The van der Waals surface area contributed by atoms with Crippen molar-refractivity contribution in [2.75, 3.05) is 11.5 Å². The van der Waals surface area contributed by atoms with Gasteiger partial charge in [-0.1, -0.05) is 17.7 Å². The van der Waals surface area contributed by atoms with Gasteiger partial charge in [0.1, 0.15) is 0 Å². The lowest BCUT2D eigenvalue weighted by Gasteiger charge is -2.03. The van der Waals surface area contributed by atoms with Crippen molar-refractivity contribution in [2.24, 2.45) is 0 Å². The molecule has 5 heteroatoms. The van der Waals surface area contributed by atoms with Crippen LogP contribution in [0.5, 0.6) is 0 Å². The summed E-state index contributed by atoms with van der Waals surface area (Å²) < 4.78 is 0. The van der Waals surface area contributed by atoms with Crippen molar-refractivity contribution in [3.8, 4) is 11.1 Å². The Labute approximate surface area is 91.9 Å². The largest absolute Gasteiger partial charge is 0.398 e. The lowest BCUT2D eigenvalue weighted by Crippen LogP contribution is -1.94. The normalized spacial score (nSPS) is 10.2. The number of nitrogens with two attached hydrogens (primary N) is 2. The van der Waals surface area contributed by atoms with Crippen molar-refractivity contribution in [2.45, 2.75) is 0 Å². The molecule has 4 nitrogen and oxygen atoms in total. The van der Waals surface area contributed by atoms with Gasteiger partial charge in [-0.25, -0.2) is 9.97 Å². The van der Waals surface area contributed by atoms with Gasteiger partial charge in [0.15, 0.2) is 0 Å². The topological polar surface area (TPSA) is 77.8 Å². The Hall–Kier alpha value is -1.81. The predicted molar refractivity (Wildman–Crippen MR) is 61.3 cm³/mol. The highest BCUT2D eigenvalue weighted by atomic mass is 35.5. The Bertz CT molecular complexity index is 481. The fourth-order valence-electron chi connectivity index (χ4n) is 1.21. The number of aromatic nitrogens is 2. The fraction of sp³-hybridized carbons (Fsp3) is 0. The van der Waals surface area contributed by atoms with Crippen LogP contribution in [0, 0.1) is 0 Å². The van der Waals surface area contributed by atoms with Crippen molar-refractivity contribution in [1.29, 1.82) is 0 Å². The molecule has 0 spiro atoms. The second-order valence-corrected chi connectivity index (χ2v) is 3.47. The smallest absolute Gasteiger partial charge is 0.219 e. The summed E-state index contributed by atoms with van der Waals surface area (Å²) in [4.78, 5) is 7.80. The minimum Gasteiger partial charge on any atom is -0.398 e. The first-order valence-corrected chi connectivity index (χ1v) is 4.67. The van der Waals surface area contributed by atoms with Gasteiger partial charge in [0.2, 0.25) is 5.95 Å². The zero-order chi connectivity index (χ0) is 10.8. The molecule has 0 radical (unpaired) electrons. The number of nitrogens with zero attached hydrogens (tertiary/aromatic N) is 2. The van der Waals surface area contributed by atoms with Gasteiger partial charge in [0.05, 0.1) is 10.7 Å². The van der Waals surface area contributed by atoms with Crippen molar-refractivity contribution in [3.05, 3.63) is 35.6 Å². The van der Waals surface area contributed by atoms with Crippen molar-refractivity contribution >= 4 is 23.2 Å². The molecule has 1 aromatic heterocycles. The molecule has 2 rings (SSSR count). The highest BCUT2D eigenvalue weighted by Crippen LogP contribution is 2.25. The Balaban J connectivity index is 2.45. The quantitative estimate of drug-likeness (QED) is 0.721. The number of halogens is 1. The maximum Gasteiger partial charge on any atom is 0.219 e. The highest BCUT2D eigenvalue weighted by molar-refractivity contribution is 6.33. The van der Waals surface area contributed by atoms with Gasteiger partial charge in [-0.15, -0.1) is 0 Å². The van der Waals surface area contributed by atoms with Crippen LogP contribution in [0.3, 0.4) is 0 Å². The minimum absolute atomic E-state index is 0.251. The summed E-state index contributed by atoms with van der Waals surface area (Å²) in [6.45, 7) is 0. The first-order chi connectivity index (χ1) is 7.16. The fourth-order valence-corrected chi connectivity index (χ4v) is 1.33. The molecule has 4 N–H and O–H groups in total. The van der Waals surface area contributed by atoms with E-state index in [4.69, 9.17) is 23.1 Å². The minimum atomic E-state index is 0.251. The molecular formula is C10H9ClN4. The number of hydrogen-bond donors (Lipinski definition) is 2. The molecular weight excluding hydrogens is 212 g/mol. The standard InChI is InChI=1S/C10H9ClN4/c11-8-2-1-6(3-9(8)12)7-4-14-10(13)15-5-7/h1-5H,12H2,(H2,13,14,15).